The van der Waals surface area contributed by atoms with E-state index < -0.39 is 11.8 Å². The predicted molar refractivity (Wildman–Crippen MR) is 65.4 cm³/mol. The smallest absolute Gasteiger partial charge is 0.357 e. The SMILES string of the molecule is COC(=O)c1cc(-c2cccc(OC)c2F)sn1. The molecule has 2 aromatic rings. The fourth-order valence-electron chi connectivity index (χ4n) is 1.46. The Balaban J connectivity index is 2.43. The zero-order chi connectivity index (χ0) is 13.1. The fraction of sp³-hybridized carbons (Fsp3) is 0.167. The molecule has 0 spiro atoms. The first-order valence-electron chi connectivity index (χ1n) is 5.05. The highest BCUT2D eigenvalue weighted by Gasteiger charge is 2.16. The second kappa shape index (κ2) is 5.14. The van der Waals surface area contributed by atoms with Crippen LogP contribution >= 0.6 is 11.5 Å². The summed E-state index contributed by atoms with van der Waals surface area (Å²) in [5, 5.41) is 0. The number of hydrogen-bond acceptors (Lipinski definition) is 5. The molecule has 0 radical (unpaired) electrons. The summed E-state index contributed by atoms with van der Waals surface area (Å²) in [6, 6.07) is 6.30. The van der Waals surface area contributed by atoms with Crippen LogP contribution in [0.3, 0.4) is 0 Å². The Bertz CT molecular complexity index is 582. The van der Waals surface area contributed by atoms with Crippen molar-refractivity contribution in [2.75, 3.05) is 14.2 Å². The lowest BCUT2D eigenvalue weighted by Gasteiger charge is -2.04. The van der Waals surface area contributed by atoms with Gasteiger partial charge in [-0.3, -0.25) is 0 Å². The highest BCUT2D eigenvalue weighted by molar-refractivity contribution is 7.09. The van der Waals surface area contributed by atoms with Gasteiger partial charge in [0.25, 0.3) is 0 Å². The minimum atomic E-state index is -0.541. The number of aromatic nitrogens is 1. The Kier molecular flexibility index (Phi) is 3.57. The van der Waals surface area contributed by atoms with Gasteiger partial charge in [0.2, 0.25) is 0 Å². The van der Waals surface area contributed by atoms with Crippen LogP contribution in [0.25, 0.3) is 10.4 Å². The first-order valence-corrected chi connectivity index (χ1v) is 5.82. The molecule has 0 saturated carbocycles. The molecule has 0 unspecified atom stereocenters. The Morgan fingerprint density at radius 3 is 2.83 bits per heavy atom. The lowest BCUT2D eigenvalue weighted by Crippen LogP contribution is -2.00. The van der Waals surface area contributed by atoms with E-state index in [1.165, 1.54) is 26.4 Å². The third-order valence-electron chi connectivity index (χ3n) is 2.35. The average Bonchev–Trinajstić information content (AvgIpc) is 2.87. The van der Waals surface area contributed by atoms with Crippen LogP contribution in [-0.4, -0.2) is 24.6 Å². The second-order valence-corrected chi connectivity index (χ2v) is 4.19. The summed E-state index contributed by atoms with van der Waals surface area (Å²) in [6.07, 6.45) is 0. The van der Waals surface area contributed by atoms with Gasteiger partial charge in [0.1, 0.15) is 0 Å². The van der Waals surface area contributed by atoms with Crippen molar-refractivity contribution in [1.82, 2.24) is 4.37 Å². The maximum Gasteiger partial charge on any atom is 0.357 e. The number of methoxy groups -OCH3 is 2. The molecule has 2 rings (SSSR count). The molecule has 0 amide bonds. The van der Waals surface area contributed by atoms with Gasteiger partial charge in [-0.2, -0.15) is 4.37 Å². The monoisotopic (exact) mass is 267 g/mol. The van der Waals surface area contributed by atoms with E-state index in [9.17, 15) is 9.18 Å². The van der Waals surface area contributed by atoms with Crippen LogP contribution in [0.5, 0.6) is 5.75 Å². The number of nitrogens with zero attached hydrogens (tertiary/aromatic N) is 1. The Morgan fingerprint density at radius 2 is 2.17 bits per heavy atom. The topological polar surface area (TPSA) is 48.4 Å². The number of carbonyl (C=O) groups excluding carboxylic acids is 1. The molecule has 0 saturated heterocycles. The number of esters is 1. The van der Waals surface area contributed by atoms with Gasteiger partial charge in [-0.05, 0) is 23.7 Å². The van der Waals surface area contributed by atoms with Crippen molar-refractivity contribution in [1.29, 1.82) is 0 Å². The van der Waals surface area contributed by atoms with Crippen molar-refractivity contribution in [3.8, 4) is 16.2 Å². The van der Waals surface area contributed by atoms with Gasteiger partial charge in [0.15, 0.2) is 17.3 Å². The Morgan fingerprint density at radius 1 is 1.39 bits per heavy atom. The van der Waals surface area contributed by atoms with Crippen molar-refractivity contribution in [2.45, 2.75) is 0 Å². The molecule has 18 heavy (non-hydrogen) atoms. The summed E-state index contributed by atoms with van der Waals surface area (Å²) in [7, 11) is 2.67. The van der Waals surface area contributed by atoms with Crippen LogP contribution in [0.15, 0.2) is 24.3 Å². The van der Waals surface area contributed by atoms with E-state index in [2.05, 4.69) is 9.11 Å². The van der Waals surface area contributed by atoms with Gasteiger partial charge in [0, 0.05) is 5.56 Å². The van der Waals surface area contributed by atoms with Crippen LogP contribution in [-0.2, 0) is 4.74 Å². The highest BCUT2D eigenvalue weighted by Crippen LogP contribution is 2.31. The molecule has 94 valence electrons. The van der Waals surface area contributed by atoms with E-state index in [0.29, 0.717) is 10.4 Å². The quantitative estimate of drug-likeness (QED) is 0.802. The zero-order valence-electron chi connectivity index (χ0n) is 9.77. The number of halogens is 1. The third kappa shape index (κ3) is 2.19. The Hall–Kier alpha value is -1.95. The first kappa shape index (κ1) is 12.5. The normalized spacial score (nSPS) is 10.2. The molecule has 0 fully saturated rings. The van der Waals surface area contributed by atoms with Crippen molar-refractivity contribution in [2.24, 2.45) is 0 Å². The maximum absolute atomic E-state index is 14.0. The van der Waals surface area contributed by atoms with E-state index in [4.69, 9.17) is 4.74 Å². The van der Waals surface area contributed by atoms with Crippen LogP contribution in [0.4, 0.5) is 4.39 Å². The van der Waals surface area contributed by atoms with Gasteiger partial charge in [0.05, 0.1) is 19.1 Å². The second-order valence-electron chi connectivity index (χ2n) is 3.39. The molecule has 1 aromatic heterocycles. The summed E-state index contributed by atoms with van der Waals surface area (Å²) in [5.41, 5.74) is 0.515. The third-order valence-corrected chi connectivity index (χ3v) is 3.18. The molecule has 0 aliphatic heterocycles. The summed E-state index contributed by atoms with van der Waals surface area (Å²) >= 11 is 1.03. The predicted octanol–water partition coefficient (Wildman–Crippen LogP) is 2.74. The van der Waals surface area contributed by atoms with Gasteiger partial charge in [-0.1, -0.05) is 12.1 Å². The Labute approximate surface area is 107 Å². The van der Waals surface area contributed by atoms with Crippen molar-refractivity contribution >= 4 is 17.5 Å². The standard InChI is InChI=1S/C12H10FNO3S/c1-16-9-5-3-4-7(11(9)13)10-6-8(14-18-10)12(15)17-2/h3-6H,1-2H3. The number of rotatable bonds is 3. The lowest BCUT2D eigenvalue weighted by atomic mass is 10.1. The molecule has 0 bridgehead atoms. The summed E-state index contributed by atoms with van der Waals surface area (Å²) in [6.45, 7) is 0. The number of benzene rings is 1. The van der Waals surface area contributed by atoms with E-state index in [0.717, 1.165) is 11.5 Å². The van der Waals surface area contributed by atoms with Gasteiger partial charge in [-0.25, -0.2) is 9.18 Å². The molecular weight excluding hydrogens is 257 g/mol. The summed E-state index contributed by atoms with van der Waals surface area (Å²) < 4.78 is 27.4. The summed E-state index contributed by atoms with van der Waals surface area (Å²) in [4.78, 5) is 11.8. The number of carbonyl (C=O) groups is 1. The van der Waals surface area contributed by atoms with Crippen LogP contribution in [0.2, 0.25) is 0 Å². The molecule has 0 aliphatic carbocycles. The van der Waals surface area contributed by atoms with Crippen LogP contribution < -0.4 is 4.74 Å². The minimum absolute atomic E-state index is 0.153. The van der Waals surface area contributed by atoms with Crippen molar-refractivity contribution in [3.63, 3.8) is 0 Å². The summed E-state index contributed by atoms with van der Waals surface area (Å²) in [5.74, 6) is -0.860. The molecule has 4 nitrogen and oxygen atoms in total. The van der Waals surface area contributed by atoms with Gasteiger partial charge < -0.3 is 9.47 Å². The molecule has 6 heteroatoms. The molecule has 0 aliphatic rings. The minimum Gasteiger partial charge on any atom is -0.494 e. The highest BCUT2D eigenvalue weighted by atomic mass is 32.1. The van der Waals surface area contributed by atoms with E-state index in [-0.39, 0.29) is 11.4 Å². The maximum atomic E-state index is 14.0. The van der Waals surface area contributed by atoms with E-state index in [1.807, 2.05) is 0 Å². The molecule has 0 N–H and O–H groups in total. The lowest BCUT2D eigenvalue weighted by molar-refractivity contribution is 0.0595. The van der Waals surface area contributed by atoms with E-state index in [1.54, 1.807) is 12.1 Å². The molecule has 1 heterocycles. The van der Waals surface area contributed by atoms with Gasteiger partial charge >= 0.3 is 5.97 Å². The molecule has 0 atom stereocenters. The van der Waals surface area contributed by atoms with Crippen molar-refractivity contribution in [3.05, 3.63) is 35.8 Å². The average molecular weight is 267 g/mol. The van der Waals surface area contributed by atoms with Crippen LogP contribution in [0.1, 0.15) is 10.5 Å². The molecule has 1 aromatic carbocycles. The van der Waals surface area contributed by atoms with Crippen molar-refractivity contribution < 1.29 is 18.7 Å². The number of hydrogen-bond donors (Lipinski definition) is 0. The molecular formula is C12H10FNO3S. The van der Waals surface area contributed by atoms with Gasteiger partial charge in [-0.15, -0.1) is 0 Å². The largest absolute Gasteiger partial charge is 0.494 e. The van der Waals surface area contributed by atoms with Crippen LogP contribution in [0, 0.1) is 5.82 Å². The number of ether oxygens (including phenoxy) is 2. The fourth-order valence-corrected chi connectivity index (χ4v) is 2.21. The first-order chi connectivity index (χ1) is 8.67. The zero-order valence-corrected chi connectivity index (χ0v) is 10.6. The van der Waals surface area contributed by atoms with E-state index >= 15 is 0 Å².